The molecule has 23 heavy (non-hydrogen) atoms. The van der Waals surface area contributed by atoms with Crippen LogP contribution >= 0.6 is 0 Å². The van der Waals surface area contributed by atoms with Crippen molar-refractivity contribution >= 4 is 11.7 Å². The first-order valence-electron chi connectivity index (χ1n) is 7.97. The largest absolute Gasteiger partial charge is 0.495 e. The third-order valence-corrected chi connectivity index (χ3v) is 4.41. The highest BCUT2D eigenvalue weighted by molar-refractivity contribution is 5.91. The van der Waals surface area contributed by atoms with Crippen LogP contribution in [0.4, 0.5) is 10.5 Å². The summed E-state index contributed by atoms with van der Waals surface area (Å²) in [4.78, 5) is 14.7. The summed E-state index contributed by atoms with van der Waals surface area (Å²) in [6.07, 6.45) is 2.03. The quantitative estimate of drug-likeness (QED) is 0.914. The van der Waals surface area contributed by atoms with Crippen molar-refractivity contribution in [2.75, 3.05) is 19.0 Å². The number of nitrogens with zero attached hydrogens (tertiary/aromatic N) is 1. The Balaban J connectivity index is 1.80. The van der Waals surface area contributed by atoms with Gasteiger partial charge in [0.05, 0.1) is 18.8 Å². The normalized spacial score (nSPS) is 17.1. The second kappa shape index (κ2) is 6.73. The SMILES string of the molecule is COc1ccccc1NC(=O)N1CCC[C@H]1c1ccccc1C. The van der Waals surface area contributed by atoms with Crippen molar-refractivity contribution in [3.8, 4) is 5.75 Å². The smallest absolute Gasteiger partial charge is 0.322 e. The number of para-hydroxylation sites is 2. The summed E-state index contributed by atoms with van der Waals surface area (Å²) >= 11 is 0. The van der Waals surface area contributed by atoms with Crippen molar-refractivity contribution in [3.63, 3.8) is 0 Å². The molecule has 0 bridgehead atoms. The van der Waals surface area contributed by atoms with Crippen LogP contribution < -0.4 is 10.1 Å². The van der Waals surface area contributed by atoms with Crippen LogP contribution in [0.1, 0.15) is 30.0 Å². The average molecular weight is 310 g/mol. The molecule has 4 heteroatoms. The van der Waals surface area contributed by atoms with Crippen LogP contribution in [0.25, 0.3) is 0 Å². The summed E-state index contributed by atoms with van der Waals surface area (Å²) < 4.78 is 5.31. The number of carbonyl (C=O) groups excluding carboxylic acids is 1. The molecule has 1 heterocycles. The number of anilines is 1. The molecule has 1 saturated heterocycles. The standard InChI is InChI=1S/C19H22N2O2/c1-14-8-3-4-9-15(14)17-11-7-13-21(17)19(22)20-16-10-5-6-12-18(16)23-2/h3-6,8-10,12,17H,7,11,13H2,1-2H3,(H,20,22)/t17-/m0/s1. The maximum Gasteiger partial charge on any atom is 0.322 e. The van der Waals surface area contributed by atoms with Gasteiger partial charge in [0.15, 0.2) is 0 Å². The van der Waals surface area contributed by atoms with Gasteiger partial charge in [0.1, 0.15) is 5.75 Å². The number of amides is 2. The molecule has 1 fully saturated rings. The third-order valence-electron chi connectivity index (χ3n) is 4.41. The van der Waals surface area contributed by atoms with Crippen molar-refractivity contribution in [2.24, 2.45) is 0 Å². The Bertz CT molecular complexity index is 699. The van der Waals surface area contributed by atoms with Gasteiger partial charge >= 0.3 is 6.03 Å². The molecule has 0 aliphatic carbocycles. The molecule has 0 radical (unpaired) electrons. The molecule has 3 rings (SSSR count). The number of carbonyl (C=O) groups is 1. The predicted molar refractivity (Wildman–Crippen MR) is 91.9 cm³/mol. The Morgan fingerprint density at radius 1 is 1.17 bits per heavy atom. The number of ether oxygens (including phenoxy) is 1. The van der Waals surface area contributed by atoms with Crippen LogP contribution in [0.15, 0.2) is 48.5 Å². The number of hydrogen-bond donors (Lipinski definition) is 1. The lowest BCUT2D eigenvalue weighted by Crippen LogP contribution is -2.34. The number of urea groups is 1. The molecule has 0 saturated carbocycles. The van der Waals surface area contributed by atoms with Crippen LogP contribution in [0, 0.1) is 6.92 Å². The van der Waals surface area contributed by atoms with Crippen LogP contribution in [0.5, 0.6) is 5.75 Å². The molecule has 1 atom stereocenters. The highest BCUT2D eigenvalue weighted by Crippen LogP contribution is 2.34. The Morgan fingerprint density at radius 2 is 1.91 bits per heavy atom. The highest BCUT2D eigenvalue weighted by Gasteiger charge is 2.31. The lowest BCUT2D eigenvalue weighted by atomic mass is 9.99. The van der Waals surface area contributed by atoms with Gasteiger partial charge in [-0.15, -0.1) is 0 Å². The maximum absolute atomic E-state index is 12.7. The van der Waals surface area contributed by atoms with Crippen LogP contribution in [0.2, 0.25) is 0 Å². The van der Waals surface area contributed by atoms with Gasteiger partial charge in [0.2, 0.25) is 0 Å². The second-order valence-corrected chi connectivity index (χ2v) is 5.84. The van der Waals surface area contributed by atoms with Crippen molar-refractivity contribution in [1.82, 2.24) is 4.90 Å². The molecule has 120 valence electrons. The van der Waals surface area contributed by atoms with Gasteiger partial charge in [-0.1, -0.05) is 36.4 Å². The van der Waals surface area contributed by atoms with E-state index >= 15 is 0 Å². The van der Waals surface area contributed by atoms with E-state index in [-0.39, 0.29) is 12.1 Å². The minimum absolute atomic E-state index is 0.0692. The first-order chi connectivity index (χ1) is 11.2. The first kappa shape index (κ1) is 15.4. The fraction of sp³-hybridized carbons (Fsp3) is 0.316. The van der Waals surface area contributed by atoms with E-state index in [4.69, 9.17) is 4.74 Å². The maximum atomic E-state index is 12.7. The monoisotopic (exact) mass is 310 g/mol. The Hall–Kier alpha value is -2.49. The van der Waals surface area contributed by atoms with E-state index in [0.717, 1.165) is 19.4 Å². The second-order valence-electron chi connectivity index (χ2n) is 5.84. The molecule has 1 N–H and O–H groups in total. The van der Waals surface area contributed by atoms with Crippen molar-refractivity contribution in [1.29, 1.82) is 0 Å². The molecule has 4 nitrogen and oxygen atoms in total. The number of aryl methyl sites for hydroxylation is 1. The van der Waals surface area contributed by atoms with Gasteiger partial charge in [-0.05, 0) is 43.0 Å². The van der Waals surface area contributed by atoms with Gasteiger partial charge in [-0.25, -0.2) is 4.79 Å². The van der Waals surface area contributed by atoms with Gasteiger partial charge in [0, 0.05) is 6.54 Å². The van der Waals surface area contributed by atoms with Crippen molar-refractivity contribution in [2.45, 2.75) is 25.8 Å². The molecule has 0 spiro atoms. The summed E-state index contributed by atoms with van der Waals surface area (Å²) in [5.41, 5.74) is 3.17. The Kier molecular flexibility index (Phi) is 4.51. The number of likely N-dealkylation sites (tertiary alicyclic amines) is 1. The van der Waals surface area contributed by atoms with Gasteiger partial charge in [-0.2, -0.15) is 0 Å². The van der Waals surface area contributed by atoms with Crippen LogP contribution in [-0.4, -0.2) is 24.6 Å². The summed E-state index contributed by atoms with van der Waals surface area (Å²) in [6.45, 7) is 2.88. The molecule has 2 aromatic carbocycles. The lowest BCUT2D eigenvalue weighted by molar-refractivity contribution is 0.207. The number of benzene rings is 2. The zero-order valence-corrected chi connectivity index (χ0v) is 13.6. The van der Waals surface area contributed by atoms with E-state index in [1.165, 1.54) is 11.1 Å². The summed E-state index contributed by atoms with van der Waals surface area (Å²) in [6, 6.07) is 15.9. The molecular weight excluding hydrogens is 288 g/mol. The zero-order valence-electron chi connectivity index (χ0n) is 13.6. The first-order valence-corrected chi connectivity index (χ1v) is 7.97. The topological polar surface area (TPSA) is 41.6 Å². The number of methoxy groups -OCH3 is 1. The molecule has 1 aliphatic heterocycles. The minimum atomic E-state index is -0.0692. The van der Waals surface area contributed by atoms with E-state index in [1.54, 1.807) is 7.11 Å². The summed E-state index contributed by atoms with van der Waals surface area (Å²) in [5.74, 6) is 0.674. The van der Waals surface area contributed by atoms with E-state index in [1.807, 2.05) is 41.3 Å². The van der Waals surface area contributed by atoms with E-state index in [9.17, 15) is 4.79 Å². The fourth-order valence-corrected chi connectivity index (χ4v) is 3.23. The predicted octanol–water partition coefficient (Wildman–Crippen LogP) is 4.37. The number of rotatable bonds is 3. The van der Waals surface area contributed by atoms with Crippen LogP contribution in [0.3, 0.4) is 0 Å². The van der Waals surface area contributed by atoms with E-state index in [2.05, 4.69) is 24.4 Å². The molecular formula is C19H22N2O2. The van der Waals surface area contributed by atoms with Gasteiger partial charge < -0.3 is 15.0 Å². The third kappa shape index (κ3) is 3.16. The lowest BCUT2D eigenvalue weighted by Gasteiger charge is -2.26. The van der Waals surface area contributed by atoms with E-state index < -0.39 is 0 Å². The number of nitrogens with one attached hydrogen (secondary N) is 1. The number of hydrogen-bond acceptors (Lipinski definition) is 2. The zero-order chi connectivity index (χ0) is 16.2. The Morgan fingerprint density at radius 3 is 2.70 bits per heavy atom. The van der Waals surface area contributed by atoms with Crippen molar-refractivity contribution < 1.29 is 9.53 Å². The molecule has 2 amide bonds. The molecule has 2 aromatic rings. The molecule has 1 aliphatic rings. The summed E-state index contributed by atoms with van der Waals surface area (Å²) in [5, 5.41) is 2.98. The Labute approximate surface area is 137 Å². The minimum Gasteiger partial charge on any atom is -0.495 e. The highest BCUT2D eigenvalue weighted by atomic mass is 16.5. The summed E-state index contributed by atoms with van der Waals surface area (Å²) in [7, 11) is 1.61. The fourth-order valence-electron chi connectivity index (χ4n) is 3.23. The average Bonchev–Trinajstić information content (AvgIpc) is 3.05. The van der Waals surface area contributed by atoms with Crippen LogP contribution in [-0.2, 0) is 0 Å². The van der Waals surface area contributed by atoms with E-state index in [0.29, 0.717) is 11.4 Å². The van der Waals surface area contributed by atoms with Gasteiger partial charge in [0.25, 0.3) is 0 Å². The van der Waals surface area contributed by atoms with Crippen molar-refractivity contribution in [3.05, 3.63) is 59.7 Å². The molecule has 0 aromatic heterocycles. The van der Waals surface area contributed by atoms with Gasteiger partial charge in [-0.3, -0.25) is 0 Å². The molecule has 0 unspecified atom stereocenters.